The van der Waals surface area contributed by atoms with E-state index in [-0.39, 0.29) is 12.0 Å². The van der Waals surface area contributed by atoms with Crippen molar-refractivity contribution >= 4 is 11.3 Å². The Morgan fingerprint density at radius 2 is 1.79 bits per heavy atom. The summed E-state index contributed by atoms with van der Waals surface area (Å²) in [4.78, 5) is 5.71. The Labute approximate surface area is 119 Å². The third-order valence-corrected chi connectivity index (χ3v) is 4.25. The van der Waals surface area contributed by atoms with Crippen LogP contribution in [0.1, 0.15) is 43.8 Å². The van der Waals surface area contributed by atoms with Crippen LogP contribution < -0.4 is 0 Å². The fourth-order valence-electron chi connectivity index (χ4n) is 2.05. The van der Waals surface area contributed by atoms with E-state index in [0.717, 1.165) is 27.6 Å². The Bertz CT molecular complexity index is 549. The first kappa shape index (κ1) is 14.2. The van der Waals surface area contributed by atoms with Gasteiger partial charge in [0.25, 0.3) is 0 Å². The van der Waals surface area contributed by atoms with Crippen LogP contribution in [0.3, 0.4) is 0 Å². The van der Waals surface area contributed by atoms with Crippen LogP contribution in [0.5, 0.6) is 0 Å². The molecule has 2 rings (SSSR count). The highest BCUT2D eigenvalue weighted by atomic mass is 32.1. The second-order valence-electron chi connectivity index (χ2n) is 5.75. The molecule has 2 nitrogen and oxygen atoms in total. The molecule has 102 valence electrons. The molecule has 19 heavy (non-hydrogen) atoms. The number of thiazole rings is 1. The summed E-state index contributed by atoms with van der Waals surface area (Å²) in [7, 11) is 0. The molecule has 0 aliphatic carbocycles. The summed E-state index contributed by atoms with van der Waals surface area (Å²) < 4.78 is 0. The van der Waals surface area contributed by atoms with Crippen molar-refractivity contribution < 1.29 is 5.11 Å². The third-order valence-electron chi connectivity index (χ3n) is 3.16. The molecule has 0 bridgehead atoms. The number of aliphatic hydroxyl groups excluding tert-OH is 1. The highest BCUT2D eigenvalue weighted by Gasteiger charge is 2.23. The molecule has 1 N–H and O–H groups in total. The number of rotatable bonds is 3. The molecule has 0 aliphatic rings. The SMILES string of the molecule is CCc1ccc(-c2nc(C(C)(C)C)c(CO)s2)cc1. The smallest absolute Gasteiger partial charge is 0.123 e. The van der Waals surface area contributed by atoms with Crippen molar-refractivity contribution in [3.05, 3.63) is 40.4 Å². The van der Waals surface area contributed by atoms with Gasteiger partial charge >= 0.3 is 0 Å². The van der Waals surface area contributed by atoms with Crippen molar-refractivity contribution in [2.75, 3.05) is 0 Å². The summed E-state index contributed by atoms with van der Waals surface area (Å²) >= 11 is 1.59. The minimum absolute atomic E-state index is 0.0316. The second-order valence-corrected chi connectivity index (χ2v) is 6.83. The monoisotopic (exact) mass is 275 g/mol. The summed E-state index contributed by atoms with van der Waals surface area (Å²) in [6, 6.07) is 8.52. The Kier molecular flexibility index (Phi) is 4.07. The molecular weight excluding hydrogens is 254 g/mol. The van der Waals surface area contributed by atoms with E-state index in [4.69, 9.17) is 4.98 Å². The molecule has 1 heterocycles. The molecule has 1 aromatic carbocycles. The predicted octanol–water partition coefficient (Wildman–Crippen LogP) is 4.16. The number of hydrogen-bond acceptors (Lipinski definition) is 3. The lowest BCUT2D eigenvalue weighted by Gasteiger charge is -2.16. The number of benzene rings is 1. The average Bonchev–Trinajstić information content (AvgIpc) is 2.83. The van der Waals surface area contributed by atoms with Gasteiger partial charge in [0.1, 0.15) is 5.01 Å². The van der Waals surface area contributed by atoms with Crippen LogP contribution in [0, 0.1) is 0 Å². The van der Waals surface area contributed by atoms with Gasteiger partial charge in [0.2, 0.25) is 0 Å². The van der Waals surface area contributed by atoms with Crippen LogP contribution in [0.15, 0.2) is 24.3 Å². The van der Waals surface area contributed by atoms with Gasteiger partial charge in [-0.2, -0.15) is 0 Å². The molecule has 0 unspecified atom stereocenters. The summed E-state index contributed by atoms with van der Waals surface area (Å²) in [5.74, 6) is 0. The van der Waals surface area contributed by atoms with Gasteiger partial charge in [-0.3, -0.25) is 0 Å². The van der Waals surface area contributed by atoms with E-state index in [1.807, 2.05) is 0 Å². The molecule has 0 radical (unpaired) electrons. The van der Waals surface area contributed by atoms with E-state index in [1.165, 1.54) is 5.56 Å². The topological polar surface area (TPSA) is 33.1 Å². The molecule has 0 saturated heterocycles. The van der Waals surface area contributed by atoms with E-state index < -0.39 is 0 Å². The van der Waals surface area contributed by atoms with E-state index >= 15 is 0 Å². The Hall–Kier alpha value is -1.19. The molecule has 2 aromatic rings. The second kappa shape index (κ2) is 5.43. The van der Waals surface area contributed by atoms with Crippen LogP contribution in [-0.2, 0) is 18.4 Å². The van der Waals surface area contributed by atoms with E-state index in [2.05, 4.69) is 52.0 Å². The molecular formula is C16H21NOS. The van der Waals surface area contributed by atoms with Crippen LogP contribution in [0.4, 0.5) is 0 Å². The maximum Gasteiger partial charge on any atom is 0.123 e. The van der Waals surface area contributed by atoms with Gasteiger partial charge in [-0.25, -0.2) is 4.98 Å². The highest BCUT2D eigenvalue weighted by molar-refractivity contribution is 7.15. The predicted molar refractivity (Wildman–Crippen MR) is 81.6 cm³/mol. The Morgan fingerprint density at radius 1 is 1.16 bits per heavy atom. The lowest BCUT2D eigenvalue weighted by molar-refractivity contribution is 0.282. The molecule has 3 heteroatoms. The molecule has 0 spiro atoms. The Balaban J connectivity index is 2.42. The fraction of sp³-hybridized carbons (Fsp3) is 0.438. The Morgan fingerprint density at radius 3 is 2.21 bits per heavy atom. The summed E-state index contributed by atoms with van der Waals surface area (Å²) in [6.07, 6.45) is 1.05. The van der Waals surface area contributed by atoms with Gasteiger partial charge in [-0.05, 0) is 12.0 Å². The van der Waals surface area contributed by atoms with Crippen molar-refractivity contribution in [3.8, 4) is 10.6 Å². The van der Waals surface area contributed by atoms with Gasteiger partial charge in [-0.15, -0.1) is 11.3 Å². The molecule has 0 aliphatic heterocycles. The molecule has 1 aromatic heterocycles. The maximum atomic E-state index is 9.49. The van der Waals surface area contributed by atoms with Gasteiger partial charge in [0, 0.05) is 11.0 Å². The van der Waals surface area contributed by atoms with Gasteiger partial charge < -0.3 is 5.11 Å². The largest absolute Gasteiger partial charge is 0.391 e. The lowest BCUT2D eigenvalue weighted by Crippen LogP contribution is -2.14. The van der Waals surface area contributed by atoms with Crippen LogP contribution >= 0.6 is 11.3 Å². The van der Waals surface area contributed by atoms with Crippen LogP contribution in [0.25, 0.3) is 10.6 Å². The van der Waals surface area contributed by atoms with E-state index in [9.17, 15) is 5.11 Å². The lowest BCUT2D eigenvalue weighted by atomic mass is 9.91. The molecule has 0 saturated carbocycles. The quantitative estimate of drug-likeness (QED) is 0.912. The molecule has 0 atom stereocenters. The zero-order valence-corrected chi connectivity index (χ0v) is 12.8. The van der Waals surface area contributed by atoms with Crippen molar-refractivity contribution in [3.63, 3.8) is 0 Å². The first-order valence-corrected chi connectivity index (χ1v) is 7.47. The molecule has 0 amide bonds. The summed E-state index contributed by atoms with van der Waals surface area (Å²) in [6.45, 7) is 8.61. The first-order chi connectivity index (χ1) is 8.95. The first-order valence-electron chi connectivity index (χ1n) is 6.66. The minimum atomic E-state index is -0.0316. The van der Waals surface area contributed by atoms with Gasteiger partial charge in [0.05, 0.1) is 17.2 Å². The van der Waals surface area contributed by atoms with Crippen molar-refractivity contribution in [1.82, 2.24) is 4.98 Å². The summed E-state index contributed by atoms with van der Waals surface area (Å²) in [5.41, 5.74) is 3.44. The van der Waals surface area contributed by atoms with E-state index in [1.54, 1.807) is 11.3 Å². The number of hydrogen-bond donors (Lipinski definition) is 1. The number of aryl methyl sites for hydroxylation is 1. The zero-order valence-electron chi connectivity index (χ0n) is 12.0. The van der Waals surface area contributed by atoms with Crippen molar-refractivity contribution in [1.29, 1.82) is 0 Å². The third kappa shape index (κ3) is 3.04. The molecule has 0 fully saturated rings. The minimum Gasteiger partial charge on any atom is -0.391 e. The van der Waals surface area contributed by atoms with Gasteiger partial charge in [-0.1, -0.05) is 52.0 Å². The van der Waals surface area contributed by atoms with Crippen LogP contribution in [0.2, 0.25) is 0 Å². The average molecular weight is 275 g/mol. The van der Waals surface area contributed by atoms with Crippen molar-refractivity contribution in [2.24, 2.45) is 0 Å². The van der Waals surface area contributed by atoms with Crippen molar-refractivity contribution in [2.45, 2.75) is 46.1 Å². The highest BCUT2D eigenvalue weighted by Crippen LogP contribution is 2.34. The standard InChI is InChI=1S/C16H21NOS/c1-5-11-6-8-12(9-7-11)15-17-14(16(2,3)4)13(10-18)19-15/h6-9,18H,5,10H2,1-4H3. The number of nitrogens with zero attached hydrogens (tertiary/aromatic N) is 1. The normalized spacial score (nSPS) is 11.8. The number of aromatic nitrogens is 1. The zero-order chi connectivity index (χ0) is 14.0. The maximum absolute atomic E-state index is 9.49. The number of aliphatic hydroxyl groups is 1. The summed E-state index contributed by atoms with van der Waals surface area (Å²) in [5, 5.41) is 10.5. The van der Waals surface area contributed by atoms with Crippen LogP contribution in [-0.4, -0.2) is 10.1 Å². The van der Waals surface area contributed by atoms with Gasteiger partial charge in [0.15, 0.2) is 0 Å². The fourth-order valence-corrected chi connectivity index (χ4v) is 3.19. The van der Waals surface area contributed by atoms with E-state index in [0.29, 0.717) is 0 Å².